The number of likely N-dealkylation sites (tertiary alicyclic amines) is 1. The van der Waals surface area contributed by atoms with Crippen LogP contribution >= 0.6 is 34.9 Å². The van der Waals surface area contributed by atoms with Crippen molar-refractivity contribution in [1.29, 1.82) is 0 Å². The average molecular weight is 624 g/mol. The number of thiophene rings is 1. The number of ether oxygens (including phenoxy) is 2. The molecule has 10 heteroatoms. The van der Waals surface area contributed by atoms with Gasteiger partial charge in [-0.25, -0.2) is 0 Å². The highest BCUT2D eigenvalue weighted by Gasteiger charge is 2.51. The summed E-state index contributed by atoms with van der Waals surface area (Å²) in [5, 5.41) is 3.49. The van der Waals surface area contributed by atoms with Crippen LogP contribution in [0.1, 0.15) is 34.8 Å². The SMILES string of the molecule is COc1ccc(CNSCCN(Cc2ccc(Cl)cc2)C(=O)C2(C)CCN2C(=O)c2csc3ccccc23)c(OC)c1. The maximum Gasteiger partial charge on any atom is 0.256 e. The zero-order valence-electron chi connectivity index (χ0n) is 23.9. The van der Waals surface area contributed by atoms with Gasteiger partial charge in [-0.3, -0.25) is 14.3 Å². The summed E-state index contributed by atoms with van der Waals surface area (Å²) >= 11 is 9.22. The highest BCUT2D eigenvalue weighted by molar-refractivity contribution is 7.97. The predicted octanol–water partition coefficient (Wildman–Crippen LogP) is 6.64. The van der Waals surface area contributed by atoms with Crippen LogP contribution in [0.5, 0.6) is 11.5 Å². The molecule has 3 aromatic carbocycles. The Morgan fingerprint density at radius 3 is 2.60 bits per heavy atom. The van der Waals surface area contributed by atoms with Crippen LogP contribution < -0.4 is 14.2 Å². The molecular weight excluding hydrogens is 590 g/mol. The number of fused-ring (bicyclic) bond motifs is 1. The Morgan fingerprint density at radius 2 is 1.88 bits per heavy atom. The minimum absolute atomic E-state index is 0.0472. The lowest BCUT2D eigenvalue weighted by atomic mass is 9.84. The topological polar surface area (TPSA) is 71.1 Å². The van der Waals surface area contributed by atoms with Crippen molar-refractivity contribution in [3.63, 3.8) is 0 Å². The minimum Gasteiger partial charge on any atom is -0.497 e. The molecule has 7 nitrogen and oxygen atoms in total. The first-order valence-corrected chi connectivity index (χ1v) is 16.0. The van der Waals surface area contributed by atoms with Gasteiger partial charge in [-0.1, -0.05) is 59.9 Å². The van der Waals surface area contributed by atoms with Crippen molar-refractivity contribution in [3.05, 3.63) is 93.8 Å². The number of carbonyl (C=O) groups is 2. The third-order valence-electron chi connectivity index (χ3n) is 7.73. The molecule has 0 spiro atoms. The van der Waals surface area contributed by atoms with E-state index in [1.54, 1.807) is 42.4 Å². The molecule has 1 unspecified atom stereocenters. The van der Waals surface area contributed by atoms with E-state index in [0.717, 1.165) is 32.7 Å². The molecule has 42 heavy (non-hydrogen) atoms. The number of nitrogens with zero attached hydrogens (tertiary/aromatic N) is 2. The number of amides is 2. The van der Waals surface area contributed by atoms with Crippen molar-refractivity contribution < 1.29 is 19.1 Å². The van der Waals surface area contributed by atoms with Crippen molar-refractivity contribution >= 4 is 56.8 Å². The van der Waals surface area contributed by atoms with Crippen molar-refractivity contribution in [3.8, 4) is 11.5 Å². The molecule has 0 bridgehead atoms. The molecule has 1 N–H and O–H groups in total. The van der Waals surface area contributed by atoms with E-state index in [9.17, 15) is 9.59 Å². The zero-order valence-corrected chi connectivity index (χ0v) is 26.3. The van der Waals surface area contributed by atoms with Crippen molar-refractivity contribution in [2.45, 2.75) is 32.0 Å². The zero-order chi connectivity index (χ0) is 29.7. The molecule has 1 aromatic heterocycles. The second-order valence-corrected chi connectivity index (χ2v) is 12.7. The maximum absolute atomic E-state index is 14.1. The summed E-state index contributed by atoms with van der Waals surface area (Å²) in [6.45, 7) is 3.98. The Hall–Kier alpha value is -3.24. The van der Waals surface area contributed by atoms with Crippen molar-refractivity contribution in [2.24, 2.45) is 0 Å². The predicted molar refractivity (Wildman–Crippen MR) is 172 cm³/mol. The lowest BCUT2D eigenvalue weighted by Gasteiger charge is -2.51. The van der Waals surface area contributed by atoms with Gasteiger partial charge in [0, 0.05) is 64.1 Å². The van der Waals surface area contributed by atoms with Gasteiger partial charge in [-0.15, -0.1) is 11.3 Å². The van der Waals surface area contributed by atoms with Crippen molar-refractivity contribution in [1.82, 2.24) is 14.5 Å². The molecule has 0 radical (unpaired) electrons. The summed E-state index contributed by atoms with van der Waals surface area (Å²) in [5.74, 6) is 2.02. The first-order chi connectivity index (χ1) is 20.3. The fourth-order valence-corrected chi connectivity index (χ4v) is 6.93. The molecule has 4 aromatic rings. The molecule has 2 heterocycles. The third-order valence-corrected chi connectivity index (χ3v) is 9.68. The van der Waals surface area contributed by atoms with Crippen LogP contribution in [0.2, 0.25) is 5.02 Å². The molecule has 5 rings (SSSR count). The molecule has 1 atom stereocenters. The van der Waals surface area contributed by atoms with E-state index >= 15 is 0 Å². The third kappa shape index (κ3) is 6.39. The fourth-order valence-electron chi connectivity index (χ4n) is 5.15. The van der Waals surface area contributed by atoms with E-state index in [-0.39, 0.29) is 11.8 Å². The van der Waals surface area contributed by atoms with Crippen LogP contribution in [0.25, 0.3) is 10.1 Å². The van der Waals surface area contributed by atoms with Gasteiger partial charge in [0.15, 0.2) is 0 Å². The highest BCUT2D eigenvalue weighted by atomic mass is 35.5. The number of benzene rings is 3. The molecule has 1 saturated heterocycles. The second kappa shape index (κ2) is 13.4. The van der Waals surface area contributed by atoms with Gasteiger partial charge >= 0.3 is 0 Å². The monoisotopic (exact) mass is 623 g/mol. The summed E-state index contributed by atoms with van der Waals surface area (Å²) in [7, 11) is 3.27. The van der Waals surface area contributed by atoms with Gasteiger partial charge in [0.1, 0.15) is 17.0 Å². The molecular formula is C32H34ClN3O4S2. The summed E-state index contributed by atoms with van der Waals surface area (Å²) in [6, 6.07) is 21.2. The Labute approximate surface area is 259 Å². The molecule has 0 aliphatic carbocycles. The van der Waals surface area contributed by atoms with Gasteiger partial charge in [0.25, 0.3) is 5.91 Å². The molecule has 2 amide bonds. The summed E-state index contributed by atoms with van der Waals surface area (Å²) in [6.07, 6.45) is 0.624. The maximum atomic E-state index is 14.1. The van der Waals surface area contributed by atoms with Gasteiger partial charge in [0.2, 0.25) is 5.91 Å². The lowest BCUT2D eigenvalue weighted by molar-refractivity contribution is -0.149. The van der Waals surface area contributed by atoms with E-state index < -0.39 is 5.54 Å². The fraction of sp³-hybridized carbons (Fsp3) is 0.312. The van der Waals surface area contributed by atoms with Crippen LogP contribution in [0.4, 0.5) is 0 Å². The summed E-state index contributed by atoms with van der Waals surface area (Å²) in [4.78, 5) is 31.4. The van der Waals surface area contributed by atoms with E-state index in [2.05, 4.69) is 4.72 Å². The van der Waals surface area contributed by atoms with Crippen LogP contribution in [-0.2, 0) is 17.9 Å². The number of halogens is 1. The molecule has 0 saturated carbocycles. The highest BCUT2D eigenvalue weighted by Crippen LogP contribution is 2.37. The minimum atomic E-state index is -0.902. The van der Waals surface area contributed by atoms with Gasteiger partial charge in [0.05, 0.1) is 19.8 Å². The largest absolute Gasteiger partial charge is 0.497 e. The van der Waals surface area contributed by atoms with Crippen LogP contribution in [-0.4, -0.2) is 60.2 Å². The summed E-state index contributed by atoms with van der Waals surface area (Å²) in [5.41, 5.74) is 1.75. The molecule has 220 valence electrons. The quantitative estimate of drug-likeness (QED) is 0.141. The number of nitrogens with one attached hydrogen (secondary N) is 1. The smallest absolute Gasteiger partial charge is 0.256 e. The lowest BCUT2D eigenvalue weighted by Crippen LogP contribution is -2.67. The Morgan fingerprint density at radius 1 is 1.10 bits per heavy atom. The van der Waals surface area contributed by atoms with E-state index in [1.165, 1.54) is 0 Å². The summed E-state index contributed by atoms with van der Waals surface area (Å²) < 4.78 is 15.2. The van der Waals surface area contributed by atoms with Crippen LogP contribution in [0, 0.1) is 0 Å². The normalized spacial score (nSPS) is 16.2. The number of carbonyl (C=O) groups excluding carboxylic acids is 2. The van der Waals surface area contributed by atoms with E-state index in [4.69, 9.17) is 21.1 Å². The standard InChI is InChI=1S/C32H34ClN3O4S2/c1-32(14-15-36(32)30(37)27-21-41-29-7-5-4-6-26(27)29)31(38)35(20-22-8-11-24(33)12-9-22)16-17-42-34-19-23-10-13-25(39-2)18-28(23)40-3/h4-13,18,21,34H,14-17,19-20H2,1-3H3. The van der Waals surface area contributed by atoms with E-state index in [1.807, 2.05) is 83.9 Å². The second-order valence-electron chi connectivity index (χ2n) is 10.3. The van der Waals surface area contributed by atoms with Gasteiger partial charge < -0.3 is 19.3 Å². The Bertz CT molecular complexity index is 1560. The Balaban J connectivity index is 1.27. The number of hydrogen-bond donors (Lipinski definition) is 1. The van der Waals surface area contributed by atoms with Gasteiger partial charge in [-0.2, -0.15) is 0 Å². The number of rotatable bonds is 12. The Kier molecular flexibility index (Phi) is 9.63. The molecule has 1 aliphatic rings. The van der Waals surface area contributed by atoms with Crippen molar-refractivity contribution in [2.75, 3.05) is 33.1 Å². The number of methoxy groups -OCH3 is 2. The first kappa shape index (κ1) is 30.2. The first-order valence-electron chi connectivity index (χ1n) is 13.7. The van der Waals surface area contributed by atoms with Gasteiger partial charge in [-0.05, 0) is 43.2 Å². The molecule has 1 aliphatic heterocycles. The number of hydrogen-bond acceptors (Lipinski definition) is 7. The van der Waals surface area contributed by atoms with E-state index in [0.29, 0.717) is 48.9 Å². The molecule has 1 fully saturated rings. The van der Waals surface area contributed by atoms with Crippen LogP contribution in [0.3, 0.4) is 0 Å². The van der Waals surface area contributed by atoms with Crippen LogP contribution in [0.15, 0.2) is 72.1 Å². The average Bonchev–Trinajstić information content (AvgIpc) is 3.44.